The molecule has 0 spiro atoms. The van der Waals surface area contributed by atoms with E-state index in [0.717, 1.165) is 11.3 Å². The van der Waals surface area contributed by atoms with Crippen molar-refractivity contribution in [2.24, 2.45) is 10.9 Å². The molecule has 5 heteroatoms. The molecule has 3 N–H and O–H groups in total. The summed E-state index contributed by atoms with van der Waals surface area (Å²) in [7, 11) is 0. The number of oxime groups is 1. The number of pyridine rings is 1. The Morgan fingerprint density at radius 2 is 2.43 bits per heavy atom. The molecule has 2 aromatic rings. The third kappa shape index (κ3) is 1.19. The number of nitrogens with two attached hydrogens (primary N) is 1. The Bertz CT molecular complexity index is 500. The molecular formula is C9H10N4O. The van der Waals surface area contributed by atoms with Gasteiger partial charge in [-0.05, 0) is 19.1 Å². The number of fused-ring (bicyclic) bond motifs is 1. The minimum atomic E-state index is 0.0909. The van der Waals surface area contributed by atoms with Gasteiger partial charge < -0.3 is 15.3 Å². The van der Waals surface area contributed by atoms with Gasteiger partial charge in [-0.3, -0.25) is 0 Å². The minimum absolute atomic E-state index is 0.0909. The van der Waals surface area contributed by atoms with E-state index in [1.54, 1.807) is 18.3 Å². The van der Waals surface area contributed by atoms with Gasteiger partial charge in [-0.25, -0.2) is 4.98 Å². The third-order valence-corrected chi connectivity index (χ3v) is 2.10. The van der Waals surface area contributed by atoms with Crippen LogP contribution >= 0.6 is 0 Å². The van der Waals surface area contributed by atoms with Gasteiger partial charge in [-0.15, -0.1) is 0 Å². The molecule has 0 saturated heterocycles. The largest absolute Gasteiger partial charge is 0.409 e. The maximum Gasteiger partial charge on any atom is 0.170 e. The quantitative estimate of drug-likeness (QED) is 0.301. The van der Waals surface area contributed by atoms with Gasteiger partial charge in [0.15, 0.2) is 5.84 Å². The van der Waals surface area contributed by atoms with Crippen molar-refractivity contribution < 1.29 is 5.21 Å². The number of aryl methyl sites for hydroxylation is 1. The van der Waals surface area contributed by atoms with Gasteiger partial charge in [0.05, 0.1) is 0 Å². The van der Waals surface area contributed by atoms with Crippen LogP contribution in [-0.4, -0.2) is 20.4 Å². The van der Waals surface area contributed by atoms with E-state index in [1.807, 2.05) is 17.5 Å². The topological polar surface area (TPSA) is 75.9 Å². The normalized spacial score (nSPS) is 12.2. The average molecular weight is 190 g/mol. The molecule has 0 bridgehead atoms. The number of amidine groups is 1. The highest BCUT2D eigenvalue weighted by atomic mass is 16.4. The Kier molecular flexibility index (Phi) is 1.85. The second kappa shape index (κ2) is 3.02. The molecular weight excluding hydrogens is 180 g/mol. The summed E-state index contributed by atoms with van der Waals surface area (Å²) in [6, 6.07) is 3.54. The van der Waals surface area contributed by atoms with Gasteiger partial charge in [0, 0.05) is 23.7 Å². The van der Waals surface area contributed by atoms with E-state index in [4.69, 9.17) is 10.9 Å². The zero-order valence-corrected chi connectivity index (χ0v) is 7.68. The molecule has 0 aliphatic carbocycles. The summed E-state index contributed by atoms with van der Waals surface area (Å²) in [5.41, 5.74) is 7.94. The standard InChI is InChI=1S/C9H10N4O/c1-6-5-11-8-4-7(9(10)12-14)2-3-13(6)8/h2-5,14H,1H3,(H2,10,12). The van der Waals surface area contributed by atoms with Crippen LogP contribution in [0.15, 0.2) is 29.7 Å². The summed E-state index contributed by atoms with van der Waals surface area (Å²) in [6.07, 6.45) is 3.61. The number of hydrogen-bond donors (Lipinski definition) is 2. The van der Waals surface area contributed by atoms with Gasteiger partial charge in [0.25, 0.3) is 0 Å². The van der Waals surface area contributed by atoms with Crippen LogP contribution in [0.2, 0.25) is 0 Å². The Hall–Kier alpha value is -2.04. The molecule has 2 aromatic heterocycles. The summed E-state index contributed by atoms with van der Waals surface area (Å²) in [5.74, 6) is 0.0909. The first-order valence-corrected chi connectivity index (χ1v) is 4.14. The number of imidazole rings is 1. The molecule has 5 nitrogen and oxygen atoms in total. The van der Waals surface area contributed by atoms with E-state index in [1.165, 1.54) is 0 Å². The van der Waals surface area contributed by atoms with Crippen LogP contribution in [-0.2, 0) is 0 Å². The maximum absolute atomic E-state index is 8.50. The monoisotopic (exact) mass is 190 g/mol. The summed E-state index contributed by atoms with van der Waals surface area (Å²) in [4.78, 5) is 4.17. The molecule has 0 radical (unpaired) electrons. The molecule has 14 heavy (non-hydrogen) atoms. The van der Waals surface area contributed by atoms with Crippen molar-refractivity contribution >= 4 is 11.5 Å². The fourth-order valence-electron chi connectivity index (χ4n) is 1.32. The van der Waals surface area contributed by atoms with Crippen LogP contribution in [0.3, 0.4) is 0 Å². The number of rotatable bonds is 1. The SMILES string of the molecule is Cc1cnc2cc(/C(N)=N/O)ccn12. The smallest absolute Gasteiger partial charge is 0.170 e. The predicted molar refractivity (Wildman–Crippen MR) is 52.4 cm³/mol. The van der Waals surface area contributed by atoms with Gasteiger partial charge in [0.2, 0.25) is 0 Å². The van der Waals surface area contributed by atoms with Crippen molar-refractivity contribution in [1.29, 1.82) is 0 Å². The summed E-state index contributed by atoms with van der Waals surface area (Å²) < 4.78 is 1.92. The van der Waals surface area contributed by atoms with Gasteiger partial charge in [0.1, 0.15) is 5.65 Å². The first kappa shape index (κ1) is 8.55. The molecule has 0 atom stereocenters. The van der Waals surface area contributed by atoms with Crippen LogP contribution in [0.4, 0.5) is 0 Å². The first-order chi connectivity index (χ1) is 6.72. The highest BCUT2D eigenvalue weighted by Gasteiger charge is 2.02. The lowest BCUT2D eigenvalue weighted by molar-refractivity contribution is 0.318. The summed E-state index contributed by atoms with van der Waals surface area (Å²) in [5, 5.41) is 11.4. The predicted octanol–water partition coefficient (Wildman–Crippen LogP) is 0.737. The Labute approximate surface area is 80.5 Å². The van der Waals surface area contributed by atoms with Crippen molar-refractivity contribution in [1.82, 2.24) is 9.38 Å². The Morgan fingerprint density at radius 3 is 3.14 bits per heavy atom. The molecule has 0 saturated carbocycles. The van der Waals surface area contributed by atoms with Crippen molar-refractivity contribution in [2.45, 2.75) is 6.92 Å². The van der Waals surface area contributed by atoms with E-state index < -0.39 is 0 Å². The Balaban J connectivity index is 2.63. The minimum Gasteiger partial charge on any atom is -0.409 e. The highest BCUT2D eigenvalue weighted by Crippen LogP contribution is 2.08. The van der Waals surface area contributed by atoms with Gasteiger partial charge >= 0.3 is 0 Å². The fourth-order valence-corrected chi connectivity index (χ4v) is 1.32. The van der Waals surface area contributed by atoms with Crippen LogP contribution in [0.1, 0.15) is 11.3 Å². The summed E-state index contributed by atoms with van der Waals surface area (Å²) >= 11 is 0. The zero-order chi connectivity index (χ0) is 10.1. The van der Waals surface area contributed by atoms with Crippen LogP contribution in [0.25, 0.3) is 5.65 Å². The molecule has 72 valence electrons. The third-order valence-electron chi connectivity index (χ3n) is 2.10. The van der Waals surface area contributed by atoms with E-state index in [-0.39, 0.29) is 5.84 Å². The van der Waals surface area contributed by atoms with Crippen LogP contribution in [0, 0.1) is 6.92 Å². The van der Waals surface area contributed by atoms with Gasteiger partial charge in [-0.2, -0.15) is 0 Å². The van der Waals surface area contributed by atoms with Gasteiger partial charge in [-0.1, -0.05) is 5.16 Å². The Morgan fingerprint density at radius 1 is 1.64 bits per heavy atom. The lowest BCUT2D eigenvalue weighted by Crippen LogP contribution is -2.13. The van der Waals surface area contributed by atoms with Crippen molar-refractivity contribution in [3.05, 3.63) is 35.8 Å². The summed E-state index contributed by atoms with van der Waals surface area (Å²) in [6.45, 7) is 1.96. The van der Waals surface area contributed by atoms with E-state index in [9.17, 15) is 0 Å². The van der Waals surface area contributed by atoms with E-state index in [2.05, 4.69) is 10.1 Å². The molecule has 2 rings (SSSR count). The van der Waals surface area contributed by atoms with Crippen LogP contribution in [0.5, 0.6) is 0 Å². The molecule has 0 fully saturated rings. The van der Waals surface area contributed by atoms with E-state index in [0.29, 0.717) is 5.56 Å². The molecule has 0 aliphatic heterocycles. The molecule has 0 amide bonds. The number of nitrogens with zero attached hydrogens (tertiary/aromatic N) is 3. The average Bonchev–Trinajstić information content (AvgIpc) is 2.59. The van der Waals surface area contributed by atoms with Crippen molar-refractivity contribution in [3.8, 4) is 0 Å². The lowest BCUT2D eigenvalue weighted by Gasteiger charge is -2.00. The van der Waals surface area contributed by atoms with Crippen molar-refractivity contribution in [2.75, 3.05) is 0 Å². The zero-order valence-electron chi connectivity index (χ0n) is 7.68. The second-order valence-electron chi connectivity index (χ2n) is 3.03. The maximum atomic E-state index is 8.50. The number of aromatic nitrogens is 2. The highest BCUT2D eigenvalue weighted by molar-refractivity contribution is 5.97. The van der Waals surface area contributed by atoms with Crippen LogP contribution < -0.4 is 5.73 Å². The van der Waals surface area contributed by atoms with Crippen molar-refractivity contribution in [3.63, 3.8) is 0 Å². The molecule has 0 aromatic carbocycles. The molecule has 0 aliphatic rings. The lowest BCUT2D eigenvalue weighted by atomic mass is 10.2. The second-order valence-corrected chi connectivity index (χ2v) is 3.03. The number of hydrogen-bond acceptors (Lipinski definition) is 3. The van der Waals surface area contributed by atoms with E-state index >= 15 is 0 Å². The molecule has 0 unspecified atom stereocenters. The first-order valence-electron chi connectivity index (χ1n) is 4.14. The fraction of sp³-hybridized carbons (Fsp3) is 0.111. The molecule has 2 heterocycles.